The molecule has 15 rings (SSSR count). The van der Waals surface area contributed by atoms with Crippen molar-refractivity contribution in [3.8, 4) is 51.1 Å². The van der Waals surface area contributed by atoms with Gasteiger partial charge < -0.3 is 18.3 Å². The van der Waals surface area contributed by atoms with E-state index in [1.54, 1.807) is 0 Å². The minimum absolute atomic E-state index is 0.562. The summed E-state index contributed by atoms with van der Waals surface area (Å²) in [5.74, 6) is 0. The second-order valence-corrected chi connectivity index (χ2v) is 19.6. The van der Waals surface area contributed by atoms with Crippen molar-refractivity contribution in [2.45, 2.75) is 6.92 Å². The van der Waals surface area contributed by atoms with E-state index in [2.05, 4.69) is 254 Å². The summed E-state index contributed by atoms with van der Waals surface area (Å²) in [6.45, 7) is 10.4. The van der Waals surface area contributed by atoms with Crippen molar-refractivity contribution >= 4 is 92.9 Å². The third kappa shape index (κ3) is 6.24. The van der Waals surface area contributed by atoms with E-state index < -0.39 is 0 Å². The molecule has 0 spiro atoms. The van der Waals surface area contributed by atoms with Gasteiger partial charge in [-0.05, 0) is 109 Å². The number of para-hydroxylation sites is 6. The number of hydrogen-bond donors (Lipinski definition) is 0. The highest BCUT2D eigenvalue weighted by atomic mass is 15.0. The number of fused-ring (bicyclic) bond motifs is 12. The molecule has 0 radical (unpaired) electrons. The van der Waals surface area contributed by atoms with E-state index in [0.29, 0.717) is 11.3 Å². The van der Waals surface area contributed by atoms with Crippen LogP contribution in [-0.2, 0) is 0 Å². The number of hydrogen-bond acceptors (Lipinski definition) is 1. The van der Waals surface area contributed by atoms with Gasteiger partial charge in [-0.25, -0.2) is 4.85 Å². The molecule has 15 aromatic rings. The molecule has 0 N–H and O–H groups in total. The Hall–Kier alpha value is -10.4. The maximum absolute atomic E-state index is 10.8. The molecule has 75 heavy (non-hydrogen) atoms. The second-order valence-electron chi connectivity index (χ2n) is 19.6. The van der Waals surface area contributed by atoms with Gasteiger partial charge in [0.25, 0.3) is 0 Å². The Bertz CT molecular complexity index is 4970. The third-order valence-electron chi connectivity index (χ3n) is 15.4. The molecular weight excluding hydrogens is 913 g/mol. The fourth-order valence-electron chi connectivity index (χ4n) is 12.2. The molecule has 0 unspecified atom stereocenters. The minimum Gasteiger partial charge on any atom is -0.309 e. The van der Waals surface area contributed by atoms with Gasteiger partial charge in [0, 0.05) is 65.6 Å². The van der Waals surface area contributed by atoms with Crippen LogP contribution in [0.15, 0.2) is 237 Å². The first kappa shape index (κ1) is 42.3. The molecule has 6 nitrogen and oxygen atoms in total. The summed E-state index contributed by atoms with van der Waals surface area (Å²) in [7, 11) is 0. The second kappa shape index (κ2) is 16.3. The normalized spacial score (nSPS) is 11.8. The van der Waals surface area contributed by atoms with Crippen LogP contribution in [0.4, 0.5) is 5.69 Å². The van der Waals surface area contributed by atoms with Gasteiger partial charge >= 0.3 is 0 Å². The SMILES string of the molecule is [C-]#[N+]c1cc(C)ccc1-c1ccc(-c2ccc(C#N)cc2-n2c3ccccc3c3cc4c5ccccc5n(-c5ccccc5)c4cc32)c(-n2c3ccccc3c3cc4c5ccccc5n(-c5ccccc5)c4cc32)c1. The Morgan fingerprint density at radius 2 is 0.747 bits per heavy atom. The molecule has 0 aliphatic rings. The first-order valence-electron chi connectivity index (χ1n) is 25.3. The van der Waals surface area contributed by atoms with Crippen molar-refractivity contribution in [3.63, 3.8) is 0 Å². The van der Waals surface area contributed by atoms with Crippen LogP contribution >= 0.6 is 0 Å². The summed E-state index contributed by atoms with van der Waals surface area (Å²) >= 11 is 0. The third-order valence-corrected chi connectivity index (χ3v) is 15.4. The zero-order chi connectivity index (χ0) is 49.9. The number of benzene rings is 11. The van der Waals surface area contributed by atoms with Crippen LogP contribution in [0.25, 0.3) is 137 Å². The van der Waals surface area contributed by atoms with E-state index in [1.165, 1.54) is 21.5 Å². The van der Waals surface area contributed by atoms with Crippen LogP contribution in [0.1, 0.15) is 11.1 Å². The Balaban J connectivity index is 1.07. The topological polar surface area (TPSA) is 47.9 Å². The standard InChI is InChI=1S/C69H42N6/c1-43-29-32-48(59(35-43)71-2)45-31-34-54(65(37-45)75-63-28-16-12-24-52(63)58-39-56-50-22-10-14-26-61(50)73(67(56)41-69(58)75)47-19-7-4-8-20-47)53-33-30-44(42-70)36-64(53)74-62-27-15-11-23-51(62)57-38-55-49-21-9-13-25-60(49)72(66(55)40-68(57)74)46-17-5-3-6-18-46/h3-41H,1H3. The van der Waals surface area contributed by atoms with Crippen molar-refractivity contribution in [1.82, 2.24) is 18.3 Å². The van der Waals surface area contributed by atoms with Crippen molar-refractivity contribution in [1.29, 1.82) is 5.26 Å². The predicted molar refractivity (Wildman–Crippen MR) is 310 cm³/mol. The molecule has 0 atom stereocenters. The summed E-state index contributed by atoms with van der Waals surface area (Å²) in [6, 6.07) is 86.8. The number of aromatic nitrogens is 4. The fourth-order valence-corrected chi connectivity index (χ4v) is 12.2. The van der Waals surface area contributed by atoms with Crippen molar-refractivity contribution in [3.05, 3.63) is 259 Å². The average Bonchev–Trinajstić information content (AvgIpc) is 4.23. The molecule has 0 amide bonds. The monoisotopic (exact) mass is 954 g/mol. The molecule has 0 aliphatic carbocycles. The van der Waals surface area contributed by atoms with Gasteiger partial charge in [0.15, 0.2) is 5.69 Å². The summed E-state index contributed by atoms with van der Waals surface area (Å²) < 4.78 is 9.55. The van der Waals surface area contributed by atoms with Gasteiger partial charge in [0.05, 0.1) is 73.7 Å². The van der Waals surface area contributed by atoms with E-state index in [-0.39, 0.29) is 0 Å². The molecule has 0 aliphatic heterocycles. The minimum atomic E-state index is 0.562. The molecule has 348 valence electrons. The Morgan fingerprint density at radius 3 is 1.21 bits per heavy atom. The molecule has 11 aromatic carbocycles. The van der Waals surface area contributed by atoms with Crippen molar-refractivity contribution in [2.75, 3.05) is 0 Å². The molecule has 0 bridgehead atoms. The summed E-state index contributed by atoms with van der Waals surface area (Å²) in [4.78, 5) is 4.06. The smallest absolute Gasteiger partial charge is 0.195 e. The molecule has 0 saturated carbocycles. The Morgan fingerprint density at radius 1 is 0.347 bits per heavy atom. The van der Waals surface area contributed by atoms with Crippen molar-refractivity contribution < 1.29 is 0 Å². The molecule has 0 fully saturated rings. The van der Waals surface area contributed by atoms with Gasteiger partial charge in [-0.3, -0.25) is 0 Å². The maximum Gasteiger partial charge on any atom is 0.195 e. The van der Waals surface area contributed by atoms with Crippen molar-refractivity contribution in [2.24, 2.45) is 0 Å². The molecular formula is C69H42N6. The lowest BCUT2D eigenvalue weighted by atomic mass is 9.94. The average molecular weight is 955 g/mol. The predicted octanol–water partition coefficient (Wildman–Crippen LogP) is 18.1. The van der Waals surface area contributed by atoms with Crippen LogP contribution in [0.2, 0.25) is 0 Å². The van der Waals surface area contributed by atoms with Gasteiger partial charge in [0.1, 0.15) is 0 Å². The highest BCUT2D eigenvalue weighted by Crippen LogP contribution is 2.46. The number of nitriles is 1. The molecule has 4 heterocycles. The zero-order valence-electron chi connectivity index (χ0n) is 40.7. The molecule has 6 heteroatoms. The number of nitrogens with zero attached hydrogens (tertiary/aromatic N) is 6. The highest BCUT2D eigenvalue weighted by molar-refractivity contribution is 6.21. The van der Waals surface area contributed by atoms with Gasteiger partial charge in [0.2, 0.25) is 0 Å². The zero-order valence-corrected chi connectivity index (χ0v) is 40.7. The Labute approximate surface area is 431 Å². The van der Waals surface area contributed by atoms with E-state index in [4.69, 9.17) is 6.57 Å². The highest BCUT2D eigenvalue weighted by Gasteiger charge is 2.25. The van der Waals surface area contributed by atoms with Crippen LogP contribution in [0.3, 0.4) is 0 Å². The first-order valence-corrected chi connectivity index (χ1v) is 25.3. The quantitative estimate of drug-likeness (QED) is 0.153. The Kier molecular flexibility index (Phi) is 9.20. The van der Waals surface area contributed by atoms with Crippen LogP contribution in [0.5, 0.6) is 0 Å². The largest absolute Gasteiger partial charge is 0.309 e. The maximum atomic E-state index is 10.8. The van der Waals surface area contributed by atoms with Gasteiger partial charge in [-0.2, -0.15) is 5.26 Å². The number of rotatable bonds is 6. The van der Waals surface area contributed by atoms with E-state index in [1.807, 2.05) is 19.1 Å². The lowest BCUT2D eigenvalue weighted by molar-refractivity contribution is 1.15. The lowest BCUT2D eigenvalue weighted by Gasteiger charge is -2.20. The molecule has 0 saturated heterocycles. The van der Waals surface area contributed by atoms with Gasteiger partial charge in [-0.1, -0.05) is 151 Å². The van der Waals surface area contributed by atoms with Gasteiger partial charge in [-0.15, -0.1) is 0 Å². The first-order chi connectivity index (χ1) is 37.0. The van der Waals surface area contributed by atoms with E-state index in [0.717, 1.165) is 116 Å². The summed E-state index contributed by atoms with van der Waals surface area (Å²) in [5, 5.41) is 20.0. The van der Waals surface area contributed by atoms with E-state index >= 15 is 0 Å². The van der Waals surface area contributed by atoms with Crippen LogP contribution in [0, 0.1) is 24.8 Å². The summed E-state index contributed by atoms with van der Waals surface area (Å²) in [5.41, 5.74) is 18.7. The van der Waals surface area contributed by atoms with E-state index in [9.17, 15) is 5.26 Å². The van der Waals surface area contributed by atoms with Crippen LogP contribution < -0.4 is 0 Å². The fraction of sp³-hybridized carbons (Fsp3) is 0.0145. The van der Waals surface area contributed by atoms with Crippen LogP contribution in [-0.4, -0.2) is 18.3 Å². The molecule has 4 aromatic heterocycles. The number of aryl methyl sites for hydroxylation is 1. The lowest BCUT2D eigenvalue weighted by Crippen LogP contribution is -2.03. The summed E-state index contributed by atoms with van der Waals surface area (Å²) in [6.07, 6.45) is 0.